The predicted octanol–water partition coefficient (Wildman–Crippen LogP) is 1.28. The van der Waals surface area contributed by atoms with Gasteiger partial charge in [0.05, 0.1) is 0 Å². The fourth-order valence-electron chi connectivity index (χ4n) is 0. The number of hydrogen-bond acceptors (Lipinski definition) is 1. The van der Waals surface area contributed by atoms with E-state index in [9.17, 15) is 4.20 Å². The van der Waals surface area contributed by atoms with Gasteiger partial charge in [0.15, 0.2) is 0 Å². The molecule has 0 nitrogen and oxygen atoms in total. The molecular weight excluding hydrogens is 92.9 g/mol. The molecular formula is HBFPS. The van der Waals surface area contributed by atoms with Crippen LogP contribution >= 0.6 is 19.0 Å². The number of thiol groups is 1. The zero-order chi connectivity index (χ0) is 3.58. The van der Waals surface area contributed by atoms with Crippen molar-refractivity contribution in [1.29, 1.82) is 0 Å². The average Bonchev–Trinajstić information content (AvgIpc) is 0.811. The Morgan fingerprint density at radius 3 is 2.00 bits per heavy atom. The van der Waals surface area contributed by atoms with Crippen molar-refractivity contribution in [3.63, 3.8) is 0 Å². The van der Waals surface area contributed by atoms with E-state index >= 15 is 0 Å². The van der Waals surface area contributed by atoms with E-state index in [1.54, 1.807) is 0 Å². The molecule has 0 heterocycles. The zero-order valence-electron chi connectivity index (χ0n) is 1.85. The fourth-order valence-corrected chi connectivity index (χ4v) is 0. The molecule has 0 radical (unpaired) electrons. The van der Waals surface area contributed by atoms with Crippen LogP contribution in [0.15, 0.2) is 0 Å². The van der Waals surface area contributed by atoms with E-state index < -0.39 is 6.75 Å². The normalized spacial score (nSPS) is 11.5. The van der Waals surface area contributed by atoms with Gasteiger partial charge in [0, 0.05) is 0 Å². The zero-order valence-corrected chi connectivity index (χ0v) is 3.64. The Kier molecular flexibility index (Phi) is 2.23. The molecule has 0 spiro atoms. The maximum atomic E-state index is 10.7. The van der Waals surface area contributed by atoms with Crippen molar-refractivity contribution >= 4 is 26.0 Å². The molecule has 1 atom stereocenters. The van der Waals surface area contributed by atoms with E-state index in [1.807, 2.05) is 0 Å². The third-order valence-electron chi connectivity index (χ3n) is 0. The van der Waals surface area contributed by atoms with Crippen molar-refractivity contribution in [3.8, 4) is 0 Å². The Labute approximate surface area is 31.1 Å². The van der Waals surface area contributed by atoms with Crippen LogP contribution in [0.1, 0.15) is 0 Å². The van der Waals surface area contributed by atoms with Gasteiger partial charge in [0.25, 0.3) is 0 Å². The third kappa shape index (κ3) is 17.2. The fraction of sp³-hybridized carbons (Fsp3) is 0. The summed E-state index contributed by atoms with van der Waals surface area (Å²) in [5.41, 5.74) is 0. The topological polar surface area (TPSA) is 0 Å². The molecule has 0 aromatic heterocycles. The molecule has 0 aromatic carbocycles. The Morgan fingerprint density at radius 1 is 2.00 bits per heavy atom. The molecule has 0 aliphatic heterocycles. The van der Waals surface area contributed by atoms with Gasteiger partial charge in [-0.1, -0.05) is 0 Å². The molecule has 1 unspecified atom stereocenters. The second-order valence-electron chi connectivity index (χ2n) is 0.289. The van der Waals surface area contributed by atoms with Gasteiger partial charge in [-0.05, 0) is 0 Å². The summed E-state index contributed by atoms with van der Waals surface area (Å²) in [5, 5.41) is 0. The Hall–Kier alpha value is 0.645. The Morgan fingerprint density at radius 2 is 2.00 bits per heavy atom. The number of halogens is 1. The first-order chi connectivity index (χ1) is 1.73. The minimum atomic E-state index is -1.93. The van der Waals surface area contributed by atoms with Crippen LogP contribution in [0.4, 0.5) is 4.20 Å². The summed E-state index contributed by atoms with van der Waals surface area (Å²) in [6.07, 6.45) is 0. The van der Waals surface area contributed by atoms with Gasteiger partial charge >= 0.3 is 30.2 Å². The number of rotatable bonds is 0. The van der Waals surface area contributed by atoms with Crippen LogP contribution in [0.25, 0.3) is 0 Å². The molecule has 0 saturated heterocycles. The number of hydrogen-bond donors (Lipinski definition) is 1. The van der Waals surface area contributed by atoms with Crippen LogP contribution in [-0.2, 0) is 0 Å². The first kappa shape index (κ1) is 4.64. The van der Waals surface area contributed by atoms with E-state index in [0.29, 0.717) is 0 Å². The van der Waals surface area contributed by atoms with E-state index in [1.165, 1.54) is 0 Å². The van der Waals surface area contributed by atoms with Crippen molar-refractivity contribution in [1.82, 2.24) is 0 Å². The Bertz CT molecular complexity index is 54.2. The van der Waals surface area contributed by atoms with E-state index in [-0.39, 0.29) is 0 Å². The summed E-state index contributed by atoms with van der Waals surface area (Å²) >= 11 is 3.14. The van der Waals surface area contributed by atoms with Crippen molar-refractivity contribution < 1.29 is 4.20 Å². The standard InChI is InChI=1S/BFHPS/c1-3(2)4/h4H. The van der Waals surface area contributed by atoms with Crippen molar-refractivity contribution in [2.45, 2.75) is 0 Å². The summed E-state index contributed by atoms with van der Waals surface area (Å²) in [6, 6.07) is 0. The SMILES string of the molecule is B#P(F)S. The maximum absolute atomic E-state index is 10.7. The van der Waals surface area contributed by atoms with Gasteiger partial charge < -0.3 is 0 Å². The monoisotopic (exact) mass is 94.0 g/mol. The van der Waals surface area contributed by atoms with Crippen LogP contribution in [-0.4, -0.2) is 7.01 Å². The molecule has 0 aliphatic rings. The quantitative estimate of drug-likeness (QED) is 0.261. The van der Waals surface area contributed by atoms with Crippen molar-refractivity contribution in [2.75, 3.05) is 0 Å². The summed E-state index contributed by atoms with van der Waals surface area (Å²) in [6.45, 7) is -1.93. The molecule has 0 bridgehead atoms. The van der Waals surface area contributed by atoms with Crippen LogP contribution in [0, 0.1) is 0 Å². The van der Waals surface area contributed by atoms with Gasteiger partial charge in [0.1, 0.15) is 0 Å². The van der Waals surface area contributed by atoms with E-state index in [4.69, 9.17) is 0 Å². The molecule has 0 rings (SSSR count). The first-order valence-corrected chi connectivity index (χ1v) is 3.08. The molecule has 4 heavy (non-hydrogen) atoms. The van der Waals surface area contributed by atoms with E-state index in [0.717, 1.165) is 0 Å². The summed E-state index contributed by atoms with van der Waals surface area (Å²) < 4.78 is 10.7. The van der Waals surface area contributed by atoms with Gasteiger partial charge in [-0.3, -0.25) is 0 Å². The minimum absolute atomic E-state index is 1.93. The van der Waals surface area contributed by atoms with Crippen LogP contribution in [0.2, 0.25) is 0 Å². The summed E-state index contributed by atoms with van der Waals surface area (Å²) in [7, 11) is 4.37. The third-order valence-corrected chi connectivity index (χ3v) is 0. The molecule has 0 aliphatic carbocycles. The molecule has 22 valence electrons. The van der Waals surface area contributed by atoms with Crippen LogP contribution in [0.5, 0.6) is 0 Å². The second-order valence-corrected chi connectivity index (χ2v) is 2.01. The van der Waals surface area contributed by atoms with Crippen LogP contribution in [0.3, 0.4) is 0 Å². The molecule has 0 saturated carbocycles. The summed E-state index contributed by atoms with van der Waals surface area (Å²) in [4.78, 5) is 0. The molecule has 0 N–H and O–H groups in total. The predicted molar refractivity (Wildman–Crippen MR) is 22.8 cm³/mol. The first-order valence-electron chi connectivity index (χ1n) is 0.627. The van der Waals surface area contributed by atoms with E-state index in [2.05, 4.69) is 19.3 Å². The van der Waals surface area contributed by atoms with Gasteiger partial charge in [-0.15, -0.1) is 0 Å². The molecule has 4 heteroatoms. The van der Waals surface area contributed by atoms with Gasteiger partial charge in [-0.2, -0.15) is 0 Å². The van der Waals surface area contributed by atoms with Crippen LogP contribution < -0.4 is 0 Å². The molecule has 0 aromatic rings. The second kappa shape index (κ2) is 1.92. The molecule has 0 amide bonds. The van der Waals surface area contributed by atoms with Crippen molar-refractivity contribution in [2.24, 2.45) is 0 Å². The van der Waals surface area contributed by atoms with Gasteiger partial charge in [0.2, 0.25) is 0 Å². The molecule has 0 fully saturated rings. The average molecular weight is 93.9 g/mol. The Balaban J connectivity index is 3.02. The summed E-state index contributed by atoms with van der Waals surface area (Å²) in [5.74, 6) is 0. The van der Waals surface area contributed by atoms with Crippen molar-refractivity contribution in [3.05, 3.63) is 0 Å². The van der Waals surface area contributed by atoms with Gasteiger partial charge in [-0.25, -0.2) is 0 Å².